The highest BCUT2D eigenvalue weighted by Gasteiger charge is 2.27. The van der Waals surface area contributed by atoms with Crippen molar-refractivity contribution < 1.29 is 9.59 Å². The lowest BCUT2D eigenvalue weighted by atomic mass is 10.2. The number of carbonyl (C=O) groups is 2. The van der Waals surface area contributed by atoms with E-state index in [4.69, 9.17) is 0 Å². The molecule has 0 bridgehead atoms. The van der Waals surface area contributed by atoms with Crippen molar-refractivity contribution in [2.45, 2.75) is 32.7 Å². The molecule has 110 valence electrons. The van der Waals surface area contributed by atoms with Crippen LogP contribution in [0.15, 0.2) is 12.1 Å². The van der Waals surface area contributed by atoms with Gasteiger partial charge in [0.1, 0.15) is 6.04 Å². The van der Waals surface area contributed by atoms with Crippen LogP contribution in [0.2, 0.25) is 0 Å². The Kier molecular flexibility index (Phi) is 3.77. The molecule has 1 saturated heterocycles. The molecule has 3 heterocycles. The molecule has 1 unspecified atom stereocenters. The highest BCUT2D eigenvalue weighted by Crippen LogP contribution is 2.34. The number of rotatable bonds is 3. The van der Waals surface area contributed by atoms with E-state index in [0.29, 0.717) is 18.0 Å². The molecule has 0 spiro atoms. The Balaban J connectivity index is 1.75. The molecule has 7 heteroatoms. The van der Waals surface area contributed by atoms with Crippen LogP contribution >= 0.6 is 22.7 Å². The molecular formula is C14H15N3O2S2. The van der Waals surface area contributed by atoms with Crippen molar-refractivity contribution in [1.82, 2.24) is 10.3 Å². The van der Waals surface area contributed by atoms with Crippen LogP contribution in [0.1, 0.15) is 22.6 Å². The summed E-state index contributed by atoms with van der Waals surface area (Å²) in [6.07, 6.45) is 0.959. The van der Waals surface area contributed by atoms with Gasteiger partial charge in [0.15, 0.2) is 5.13 Å². The molecule has 2 aromatic heterocycles. The summed E-state index contributed by atoms with van der Waals surface area (Å²) >= 11 is 3.14. The van der Waals surface area contributed by atoms with Crippen LogP contribution in [0.25, 0.3) is 10.6 Å². The molecule has 0 aliphatic carbocycles. The highest BCUT2D eigenvalue weighted by molar-refractivity contribution is 7.18. The number of amides is 2. The van der Waals surface area contributed by atoms with Gasteiger partial charge in [-0.15, -0.1) is 22.7 Å². The Labute approximate surface area is 130 Å². The summed E-state index contributed by atoms with van der Waals surface area (Å²) in [6, 6.07) is 3.67. The number of anilines is 1. The Morgan fingerprint density at radius 3 is 2.81 bits per heavy atom. The maximum Gasteiger partial charge on any atom is 0.248 e. The van der Waals surface area contributed by atoms with Gasteiger partial charge in [-0.05, 0) is 32.4 Å². The summed E-state index contributed by atoms with van der Waals surface area (Å²) in [5.41, 5.74) is 0.920. The van der Waals surface area contributed by atoms with Crippen LogP contribution in [-0.2, 0) is 9.59 Å². The minimum atomic E-state index is -0.436. The fraction of sp³-hybridized carbons (Fsp3) is 0.357. The topological polar surface area (TPSA) is 71.1 Å². The standard InChI is InChI=1S/C14H15N3O2S2/c1-7-3-5-10(20-7)12-8(2)21-14(16-12)17-13(19)9-4-6-11(18)15-9/h3,5,9H,4,6H2,1-2H3,(H,15,18)(H,16,17,19). The van der Waals surface area contributed by atoms with E-state index in [2.05, 4.69) is 28.6 Å². The Bertz CT molecular complexity index is 705. The molecule has 2 amide bonds. The normalized spacial score (nSPS) is 17.8. The van der Waals surface area contributed by atoms with E-state index >= 15 is 0 Å². The average Bonchev–Trinajstić information content (AvgIpc) is 3.11. The Morgan fingerprint density at radius 1 is 1.38 bits per heavy atom. The van der Waals surface area contributed by atoms with Crippen LogP contribution in [0.4, 0.5) is 5.13 Å². The number of carbonyl (C=O) groups excluding carboxylic acids is 2. The predicted octanol–water partition coefficient (Wildman–Crippen LogP) is 2.71. The minimum Gasteiger partial charge on any atom is -0.344 e. The first-order chi connectivity index (χ1) is 10.0. The molecule has 2 N–H and O–H groups in total. The molecule has 0 saturated carbocycles. The molecule has 21 heavy (non-hydrogen) atoms. The number of aryl methyl sites for hydroxylation is 2. The monoisotopic (exact) mass is 321 g/mol. The smallest absolute Gasteiger partial charge is 0.248 e. The first kappa shape index (κ1) is 14.2. The number of thiazole rings is 1. The lowest BCUT2D eigenvalue weighted by Crippen LogP contribution is -2.37. The second kappa shape index (κ2) is 5.57. The first-order valence-corrected chi connectivity index (χ1v) is 8.30. The van der Waals surface area contributed by atoms with Crippen LogP contribution in [-0.4, -0.2) is 22.8 Å². The molecule has 1 atom stereocenters. The minimum absolute atomic E-state index is 0.0692. The zero-order chi connectivity index (χ0) is 15.0. The molecule has 0 radical (unpaired) electrons. The Hall–Kier alpha value is -1.73. The SMILES string of the molecule is Cc1ccc(-c2nc(NC(=O)C3CCC(=O)N3)sc2C)s1. The summed E-state index contributed by atoms with van der Waals surface area (Å²) in [7, 11) is 0. The summed E-state index contributed by atoms with van der Waals surface area (Å²) in [5, 5.41) is 6.04. The molecular weight excluding hydrogens is 306 g/mol. The highest BCUT2D eigenvalue weighted by atomic mass is 32.1. The molecule has 3 rings (SSSR count). The van der Waals surface area contributed by atoms with Crippen molar-refractivity contribution in [1.29, 1.82) is 0 Å². The number of nitrogens with one attached hydrogen (secondary N) is 2. The fourth-order valence-corrected chi connectivity index (χ4v) is 4.05. The number of nitrogens with zero attached hydrogens (tertiary/aromatic N) is 1. The van der Waals surface area contributed by atoms with Gasteiger partial charge < -0.3 is 10.6 Å². The van der Waals surface area contributed by atoms with Gasteiger partial charge in [0.05, 0.1) is 10.6 Å². The first-order valence-electron chi connectivity index (χ1n) is 6.67. The van der Waals surface area contributed by atoms with Crippen molar-refractivity contribution in [3.8, 4) is 10.6 Å². The van der Waals surface area contributed by atoms with Gasteiger partial charge in [0.2, 0.25) is 11.8 Å². The number of aromatic nitrogens is 1. The van der Waals surface area contributed by atoms with Crippen molar-refractivity contribution in [3.63, 3.8) is 0 Å². The summed E-state index contributed by atoms with van der Waals surface area (Å²) in [4.78, 5) is 31.1. The van der Waals surface area contributed by atoms with Crippen molar-refractivity contribution in [3.05, 3.63) is 21.9 Å². The largest absolute Gasteiger partial charge is 0.344 e. The van der Waals surface area contributed by atoms with E-state index in [1.165, 1.54) is 16.2 Å². The maximum atomic E-state index is 12.1. The maximum absolute atomic E-state index is 12.1. The number of hydrogen-bond donors (Lipinski definition) is 2. The zero-order valence-electron chi connectivity index (χ0n) is 11.7. The third-order valence-electron chi connectivity index (χ3n) is 3.31. The van der Waals surface area contributed by atoms with E-state index in [9.17, 15) is 9.59 Å². The van der Waals surface area contributed by atoms with Crippen molar-refractivity contribution in [2.75, 3.05) is 5.32 Å². The van der Waals surface area contributed by atoms with E-state index in [1.54, 1.807) is 11.3 Å². The molecule has 5 nitrogen and oxygen atoms in total. The summed E-state index contributed by atoms with van der Waals surface area (Å²) in [5.74, 6) is -0.260. The second-order valence-electron chi connectivity index (χ2n) is 4.98. The lowest BCUT2D eigenvalue weighted by molar-refractivity contribution is -0.122. The number of thiophene rings is 1. The molecule has 2 aromatic rings. The third-order valence-corrected chi connectivity index (χ3v) is 5.21. The molecule has 1 fully saturated rings. The van der Waals surface area contributed by atoms with Crippen molar-refractivity contribution in [2.24, 2.45) is 0 Å². The van der Waals surface area contributed by atoms with E-state index in [1.807, 2.05) is 13.0 Å². The Morgan fingerprint density at radius 2 is 2.19 bits per heavy atom. The van der Waals surface area contributed by atoms with E-state index < -0.39 is 6.04 Å². The fourth-order valence-electron chi connectivity index (χ4n) is 2.24. The zero-order valence-corrected chi connectivity index (χ0v) is 13.4. The van der Waals surface area contributed by atoms with Crippen LogP contribution in [0, 0.1) is 13.8 Å². The van der Waals surface area contributed by atoms with Gasteiger partial charge in [-0.3, -0.25) is 9.59 Å². The van der Waals surface area contributed by atoms with Gasteiger partial charge in [-0.2, -0.15) is 0 Å². The molecule has 1 aliphatic heterocycles. The summed E-state index contributed by atoms with van der Waals surface area (Å²) < 4.78 is 0. The van der Waals surface area contributed by atoms with Gasteiger partial charge in [0.25, 0.3) is 0 Å². The molecule has 0 aromatic carbocycles. The van der Waals surface area contributed by atoms with Crippen molar-refractivity contribution >= 4 is 39.6 Å². The van der Waals surface area contributed by atoms with Gasteiger partial charge in [-0.1, -0.05) is 0 Å². The average molecular weight is 321 g/mol. The third kappa shape index (κ3) is 2.98. The van der Waals surface area contributed by atoms with Gasteiger partial charge >= 0.3 is 0 Å². The van der Waals surface area contributed by atoms with Crippen LogP contribution in [0.5, 0.6) is 0 Å². The van der Waals surface area contributed by atoms with Crippen LogP contribution < -0.4 is 10.6 Å². The van der Waals surface area contributed by atoms with E-state index in [-0.39, 0.29) is 11.8 Å². The van der Waals surface area contributed by atoms with Gasteiger partial charge in [-0.25, -0.2) is 4.98 Å². The van der Waals surface area contributed by atoms with E-state index in [0.717, 1.165) is 15.4 Å². The predicted molar refractivity (Wildman–Crippen MR) is 84.7 cm³/mol. The van der Waals surface area contributed by atoms with Gasteiger partial charge in [0, 0.05) is 16.2 Å². The van der Waals surface area contributed by atoms with Crippen LogP contribution in [0.3, 0.4) is 0 Å². The second-order valence-corrected chi connectivity index (χ2v) is 7.47. The lowest BCUT2D eigenvalue weighted by Gasteiger charge is -2.08. The summed E-state index contributed by atoms with van der Waals surface area (Å²) in [6.45, 7) is 4.05. The molecule has 1 aliphatic rings. The quantitative estimate of drug-likeness (QED) is 0.913. The number of hydrogen-bond acceptors (Lipinski definition) is 5.